The van der Waals surface area contributed by atoms with E-state index in [4.69, 9.17) is 4.74 Å². The average molecular weight is 284 g/mol. The van der Waals surface area contributed by atoms with Gasteiger partial charge in [-0.2, -0.15) is 4.31 Å². The highest BCUT2D eigenvalue weighted by Gasteiger charge is 2.22. The largest absolute Gasteiger partial charge is 0.380 e. The van der Waals surface area contributed by atoms with Crippen molar-refractivity contribution in [2.45, 2.75) is 6.42 Å². The molecule has 14 heavy (non-hydrogen) atoms. The fourth-order valence-corrected chi connectivity index (χ4v) is 3.01. The minimum absolute atomic E-state index is 0.00650. The van der Waals surface area contributed by atoms with E-state index in [0.717, 1.165) is 6.42 Å². The van der Waals surface area contributed by atoms with Crippen LogP contribution in [0.4, 0.5) is 0 Å². The molecule has 1 aliphatic heterocycles. The Morgan fingerprint density at radius 1 is 1.64 bits per heavy atom. The molecule has 0 radical (unpaired) electrons. The van der Waals surface area contributed by atoms with Gasteiger partial charge in [-0.25, -0.2) is 8.42 Å². The van der Waals surface area contributed by atoms with Crippen LogP contribution in [0.5, 0.6) is 0 Å². The van der Waals surface area contributed by atoms with E-state index < -0.39 is 10.0 Å². The van der Waals surface area contributed by atoms with Crippen LogP contribution in [0.2, 0.25) is 0 Å². The smallest absolute Gasteiger partial charge is 0.224 e. The van der Waals surface area contributed by atoms with Crippen LogP contribution in [-0.2, 0) is 14.8 Å². The minimum Gasteiger partial charge on any atom is -0.380 e. The van der Waals surface area contributed by atoms with E-state index in [1.54, 1.807) is 7.11 Å². The summed E-state index contributed by atoms with van der Waals surface area (Å²) in [5.41, 5.74) is 1.17. The second-order valence-corrected chi connectivity index (χ2v) is 6.40. The zero-order valence-corrected chi connectivity index (χ0v) is 10.5. The maximum Gasteiger partial charge on any atom is 0.224 e. The zero-order chi connectivity index (χ0) is 10.6. The molecule has 4 nitrogen and oxygen atoms in total. The van der Waals surface area contributed by atoms with E-state index in [2.05, 4.69) is 15.9 Å². The van der Waals surface area contributed by atoms with Crippen molar-refractivity contribution in [3.8, 4) is 0 Å². The van der Waals surface area contributed by atoms with E-state index >= 15 is 0 Å². The van der Waals surface area contributed by atoms with E-state index in [1.165, 1.54) is 9.88 Å². The molecule has 0 spiro atoms. The molecule has 0 aliphatic carbocycles. The third-order valence-electron chi connectivity index (χ3n) is 2.13. The second kappa shape index (κ2) is 5.25. The maximum absolute atomic E-state index is 11.4. The van der Waals surface area contributed by atoms with Crippen molar-refractivity contribution in [2.24, 2.45) is 0 Å². The topological polar surface area (TPSA) is 46.6 Å². The summed E-state index contributed by atoms with van der Waals surface area (Å²) < 4.78 is 29.3. The molecular formula is C8H14BrNO3S. The molecule has 0 N–H and O–H groups in total. The average Bonchev–Trinajstić information content (AvgIpc) is 2.19. The Bertz CT molecular complexity index is 313. The number of alkyl halides is 1. The van der Waals surface area contributed by atoms with E-state index in [1.807, 2.05) is 6.08 Å². The molecule has 0 saturated heterocycles. The number of nitrogens with zero attached hydrogens (tertiary/aromatic N) is 1. The highest BCUT2D eigenvalue weighted by atomic mass is 79.9. The Labute approximate surface area is 93.1 Å². The highest BCUT2D eigenvalue weighted by Crippen LogP contribution is 2.15. The first-order valence-electron chi connectivity index (χ1n) is 4.31. The Morgan fingerprint density at radius 2 is 2.36 bits per heavy atom. The van der Waals surface area contributed by atoms with Crippen LogP contribution in [0.3, 0.4) is 0 Å². The summed E-state index contributed by atoms with van der Waals surface area (Å²) in [6.07, 6.45) is 2.69. The monoisotopic (exact) mass is 283 g/mol. The third kappa shape index (κ3) is 3.05. The molecule has 0 saturated carbocycles. The van der Waals surface area contributed by atoms with Crippen molar-refractivity contribution in [1.82, 2.24) is 4.31 Å². The number of hydrogen-bond donors (Lipinski definition) is 0. The molecule has 0 atom stereocenters. The quantitative estimate of drug-likeness (QED) is 0.570. The van der Waals surface area contributed by atoms with Gasteiger partial charge in [-0.1, -0.05) is 22.0 Å². The highest BCUT2D eigenvalue weighted by molar-refractivity contribution is 9.10. The van der Waals surface area contributed by atoms with Crippen molar-refractivity contribution < 1.29 is 13.2 Å². The van der Waals surface area contributed by atoms with E-state index in [0.29, 0.717) is 19.7 Å². The van der Waals surface area contributed by atoms with Crippen LogP contribution in [0.1, 0.15) is 6.42 Å². The van der Waals surface area contributed by atoms with Crippen molar-refractivity contribution >= 4 is 26.0 Å². The van der Waals surface area contributed by atoms with E-state index in [9.17, 15) is 8.42 Å². The number of halogens is 1. The van der Waals surface area contributed by atoms with Gasteiger partial charge < -0.3 is 4.74 Å². The standard InChI is InChI=1S/C8H14BrNO3S/c1-13-6-8-2-4-10(5-3-8)14(11,12)7-9/h2H,3-7H2,1H3. The molecule has 1 heterocycles. The molecule has 1 aliphatic rings. The van der Waals surface area contributed by atoms with Crippen LogP contribution in [0.15, 0.2) is 11.6 Å². The minimum atomic E-state index is -3.10. The van der Waals surface area contributed by atoms with Crippen LogP contribution in [-0.4, -0.2) is 44.2 Å². The summed E-state index contributed by atoms with van der Waals surface area (Å²) in [5, 5.41) is 0. The fourth-order valence-electron chi connectivity index (χ4n) is 1.33. The number of sulfonamides is 1. The molecule has 82 valence electrons. The summed E-state index contributed by atoms with van der Waals surface area (Å²) in [4.78, 5) is 0. The van der Waals surface area contributed by atoms with Gasteiger partial charge in [0.15, 0.2) is 0 Å². The van der Waals surface area contributed by atoms with Crippen molar-refractivity contribution in [3.05, 3.63) is 11.6 Å². The van der Waals surface area contributed by atoms with Crippen LogP contribution in [0.25, 0.3) is 0 Å². The molecule has 0 bridgehead atoms. The lowest BCUT2D eigenvalue weighted by atomic mass is 10.1. The van der Waals surface area contributed by atoms with Crippen molar-refractivity contribution in [2.75, 3.05) is 31.5 Å². The number of ether oxygens (including phenoxy) is 1. The molecule has 1 rings (SSSR count). The first-order valence-corrected chi connectivity index (χ1v) is 7.04. The van der Waals surface area contributed by atoms with Crippen LogP contribution in [0, 0.1) is 0 Å². The lowest BCUT2D eigenvalue weighted by Gasteiger charge is -2.24. The fraction of sp³-hybridized carbons (Fsp3) is 0.750. The van der Waals surface area contributed by atoms with Gasteiger partial charge in [-0.15, -0.1) is 0 Å². The molecule has 0 fully saturated rings. The molecule has 0 unspecified atom stereocenters. The first kappa shape index (κ1) is 12.2. The second-order valence-electron chi connectivity index (χ2n) is 3.12. The Morgan fingerprint density at radius 3 is 2.79 bits per heavy atom. The summed E-state index contributed by atoms with van der Waals surface area (Å²) >= 11 is 2.98. The summed E-state index contributed by atoms with van der Waals surface area (Å²) in [7, 11) is -1.45. The van der Waals surface area contributed by atoms with Gasteiger partial charge in [-0.3, -0.25) is 0 Å². The molecule has 0 aromatic carbocycles. The van der Waals surface area contributed by atoms with Crippen LogP contribution >= 0.6 is 15.9 Å². The Hall–Kier alpha value is 0.0900. The molecule has 0 aromatic heterocycles. The predicted molar refractivity (Wildman–Crippen MR) is 58.9 cm³/mol. The lowest BCUT2D eigenvalue weighted by molar-refractivity contribution is 0.219. The first-order chi connectivity index (χ1) is 6.60. The number of rotatable bonds is 4. The van der Waals surface area contributed by atoms with E-state index in [-0.39, 0.29) is 4.66 Å². The molecule has 6 heteroatoms. The van der Waals surface area contributed by atoms with Gasteiger partial charge in [-0.05, 0) is 12.0 Å². The number of methoxy groups -OCH3 is 1. The summed E-state index contributed by atoms with van der Waals surface area (Å²) in [6, 6.07) is 0. The molecule has 0 amide bonds. The molecule has 0 aromatic rings. The van der Waals surface area contributed by atoms with Crippen molar-refractivity contribution in [3.63, 3.8) is 0 Å². The third-order valence-corrected chi connectivity index (χ3v) is 5.26. The predicted octanol–water partition coefficient (Wildman–Crippen LogP) is 0.947. The van der Waals surface area contributed by atoms with Gasteiger partial charge in [0.05, 0.1) is 6.61 Å². The van der Waals surface area contributed by atoms with Gasteiger partial charge in [0.1, 0.15) is 4.66 Å². The number of hydrogen-bond acceptors (Lipinski definition) is 3. The lowest BCUT2D eigenvalue weighted by Crippen LogP contribution is -2.35. The molecular weight excluding hydrogens is 270 g/mol. The Kier molecular flexibility index (Phi) is 4.56. The van der Waals surface area contributed by atoms with Gasteiger partial charge >= 0.3 is 0 Å². The van der Waals surface area contributed by atoms with Crippen molar-refractivity contribution in [1.29, 1.82) is 0 Å². The maximum atomic E-state index is 11.4. The summed E-state index contributed by atoms with van der Waals surface area (Å²) in [5.74, 6) is 0. The normalized spacial score (nSPS) is 19.4. The van der Waals surface area contributed by atoms with Gasteiger partial charge in [0.2, 0.25) is 10.0 Å². The SMILES string of the molecule is COCC1=CCN(S(=O)(=O)CBr)CC1. The zero-order valence-electron chi connectivity index (χ0n) is 8.07. The van der Waals surface area contributed by atoms with Gasteiger partial charge in [0.25, 0.3) is 0 Å². The van der Waals surface area contributed by atoms with Crippen LogP contribution < -0.4 is 0 Å². The van der Waals surface area contributed by atoms with Gasteiger partial charge in [0, 0.05) is 20.2 Å². The summed E-state index contributed by atoms with van der Waals surface area (Å²) in [6.45, 7) is 1.62. The Balaban J connectivity index is 2.59.